The van der Waals surface area contributed by atoms with Gasteiger partial charge in [-0.15, -0.1) is 0 Å². The second-order valence-corrected chi connectivity index (χ2v) is 11.5. The van der Waals surface area contributed by atoms with Crippen molar-refractivity contribution >= 4 is 55.6 Å². The first-order valence-corrected chi connectivity index (χ1v) is 13.4. The third-order valence-electron chi connectivity index (χ3n) is 4.99. The molecule has 9 nitrogen and oxygen atoms in total. The predicted molar refractivity (Wildman–Crippen MR) is 129 cm³/mol. The summed E-state index contributed by atoms with van der Waals surface area (Å²) in [5, 5.41) is 14.0. The molecule has 2 aromatic rings. The summed E-state index contributed by atoms with van der Waals surface area (Å²) in [6, 6.07) is 5.16. The lowest BCUT2D eigenvalue weighted by atomic mass is 10.1. The van der Waals surface area contributed by atoms with Crippen molar-refractivity contribution in [2.75, 3.05) is 31.5 Å². The van der Waals surface area contributed by atoms with E-state index in [1.54, 1.807) is 25.1 Å². The molecule has 0 bridgehead atoms. The maximum Gasteiger partial charge on any atom is 0.252 e. The minimum absolute atomic E-state index is 0.0127. The van der Waals surface area contributed by atoms with Gasteiger partial charge in [-0.1, -0.05) is 34.5 Å². The molecular weight excluding hydrogens is 511 g/mol. The number of anilines is 1. The van der Waals surface area contributed by atoms with Gasteiger partial charge in [0.2, 0.25) is 5.91 Å². The molecule has 1 atom stereocenters. The molecule has 2 heterocycles. The van der Waals surface area contributed by atoms with Gasteiger partial charge in [-0.05, 0) is 31.9 Å². The fraction of sp³-hybridized carbons (Fsp3) is 0.500. The fourth-order valence-corrected chi connectivity index (χ4v) is 6.29. The monoisotopic (exact) mass is 536 g/mol. The second kappa shape index (κ2) is 11.3. The van der Waals surface area contributed by atoms with E-state index in [0.717, 1.165) is 24.2 Å². The Bertz CT molecular complexity index is 1090. The predicted octanol–water partition coefficient (Wildman–Crippen LogP) is 2.90. The van der Waals surface area contributed by atoms with E-state index in [9.17, 15) is 18.3 Å². The highest BCUT2D eigenvalue weighted by atomic mass is 35.5. The van der Waals surface area contributed by atoms with E-state index in [1.807, 2.05) is 0 Å². The third-order valence-corrected chi connectivity index (χ3v) is 8.83. The number of nitrogens with one attached hydrogen (secondary N) is 2. The van der Waals surface area contributed by atoms with Gasteiger partial charge in [0, 0.05) is 39.2 Å². The Morgan fingerprint density at radius 1 is 1.33 bits per heavy atom. The van der Waals surface area contributed by atoms with Crippen LogP contribution < -0.4 is 14.8 Å². The number of ether oxygens (including phenoxy) is 1. The Hall–Kier alpha value is -1.47. The van der Waals surface area contributed by atoms with Crippen LogP contribution in [0.4, 0.5) is 5.13 Å². The SMILES string of the molecule is CC(=O)Nc1nc(C)c(S(=O)(=O)NC[C@H](O)CN2CCC(Oc3ccc(Cl)c(Cl)c3)CC2)s1. The average Bonchev–Trinajstić information content (AvgIpc) is 3.11. The number of benzene rings is 1. The number of halogens is 2. The number of thiazole rings is 1. The summed E-state index contributed by atoms with van der Waals surface area (Å²) in [5.41, 5.74) is 0.287. The zero-order valence-electron chi connectivity index (χ0n) is 18.2. The summed E-state index contributed by atoms with van der Waals surface area (Å²) in [7, 11) is -3.86. The van der Waals surface area contributed by atoms with Crippen molar-refractivity contribution in [3.05, 3.63) is 33.9 Å². The van der Waals surface area contributed by atoms with Gasteiger partial charge in [0.25, 0.3) is 10.0 Å². The number of carbonyl (C=O) groups excluding carboxylic acids is 1. The number of aryl methyl sites for hydroxylation is 1. The lowest BCUT2D eigenvalue weighted by molar-refractivity contribution is -0.114. The highest BCUT2D eigenvalue weighted by Gasteiger charge is 2.25. The Morgan fingerprint density at radius 2 is 2.03 bits per heavy atom. The molecule has 1 aliphatic heterocycles. The number of likely N-dealkylation sites (tertiary alicyclic amines) is 1. The van der Waals surface area contributed by atoms with E-state index in [0.29, 0.717) is 35.4 Å². The summed E-state index contributed by atoms with van der Waals surface area (Å²) in [5.74, 6) is 0.333. The number of hydrogen-bond acceptors (Lipinski definition) is 8. The molecular formula is C20H26Cl2N4O5S2. The molecule has 1 aliphatic rings. The highest BCUT2D eigenvalue weighted by Crippen LogP contribution is 2.29. The Kier molecular flexibility index (Phi) is 8.95. The first-order chi connectivity index (χ1) is 15.5. The van der Waals surface area contributed by atoms with Crippen molar-refractivity contribution in [3.8, 4) is 5.75 Å². The van der Waals surface area contributed by atoms with Crippen molar-refractivity contribution in [2.24, 2.45) is 0 Å². The van der Waals surface area contributed by atoms with Crippen LogP contribution in [-0.2, 0) is 14.8 Å². The van der Waals surface area contributed by atoms with Crippen molar-refractivity contribution in [2.45, 2.75) is 43.1 Å². The number of piperidine rings is 1. The Morgan fingerprint density at radius 3 is 2.67 bits per heavy atom. The molecule has 182 valence electrons. The topological polar surface area (TPSA) is 121 Å². The van der Waals surface area contributed by atoms with E-state index in [2.05, 4.69) is 19.9 Å². The molecule has 0 spiro atoms. The third kappa shape index (κ3) is 7.51. The summed E-state index contributed by atoms with van der Waals surface area (Å²) < 4.78 is 33.6. The van der Waals surface area contributed by atoms with Gasteiger partial charge in [-0.2, -0.15) is 0 Å². The van der Waals surface area contributed by atoms with Crippen LogP contribution in [0.25, 0.3) is 0 Å². The molecule has 0 unspecified atom stereocenters. The molecule has 3 rings (SSSR count). The van der Waals surface area contributed by atoms with E-state index in [1.165, 1.54) is 6.92 Å². The van der Waals surface area contributed by atoms with Gasteiger partial charge in [0.05, 0.1) is 21.8 Å². The maximum absolute atomic E-state index is 12.6. The molecule has 1 aromatic heterocycles. The van der Waals surface area contributed by atoms with Gasteiger partial charge >= 0.3 is 0 Å². The van der Waals surface area contributed by atoms with Gasteiger partial charge in [0.1, 0.15) is 11.9 Å². The van der Waals surface area contributed by atoms with Crippen molar-refractivity contribution in [3.63, 3.8) is 0 Å². The van der Waals surface area contributed by atoms with Crippen molar-refractivity contribution < 1.29 is 23.1 Å². The number of sulfonamides is 1. The van der Waals surface area contributed by atoms with Crippen molar-refractivity contribution in [1.29, 1.82) is 0 Å². The smallest absolute Gasteiger partial charge is 0.252 e. The normalized spacial score (nSPS) is 16.5. The van der Waals surface area contributed by atoms with Gasteiger partial charge in [-0.3, -0.25) is 4.79 Å². The molecule has 1 saturated heterocycles. The molecule has 1 aromatic carbocycles. The first kappa shape index (κ1) is 26.1. The summed E-state index contributed by atoms with van der Waals surface area (Å²) in [6.07, 6.45) is 0.687. The maximum atomic E-state index is 12.6. The summed E-state index contributed by atoms with van der Waals surface area (Å²) in [4.78, 5) is 17.3. The molecule has 1 fully saturated rings. The van der Waals surface area contributed by atoms with Crippen LogP contribution in [0.15, 0.2) is 22.4 Å². The van der Waals surface area contributed by atoms with Crippen molar-refractivity contribution in [1.82, 2.24) is 14.6 Å². The average molecular weight is 537 g/mol. The lowest BCUT2D eigenvalue weighted by Crippen LogP contribution is -2.44. The molecule has 0 saturated carbocycles. The Labute approximate surface area is 207 Å². The fourth-order valence-electron chi connectivity index (χ4n) is 3.42. The Balaban J connectivity index is 1.45. The number of nitrogens with zero attached hydrogens (tertiary/aromatic N) is 2. The second-order valence-electron chi connectivity index (χ2n) is 7.77. The molecule has 13 heteroatoms. The number of rotatable bonds is 9. The van der Waals surface area contributed by atoms with E-state index >= 15 is 0 Å². The minimum Gasteiger partial charge on any atom is -0.490 e. The van der Waals surface area contributed by atoms with Gasteiger partial charge < -0.3 is 20.1 Å². The molecule has 1 amide bonds. The molecule has 0 aliphatic carbocycles. The lowest BCUT2D eigenvalue weighted by Gasteiger charge is -2.33. The van der Waals surface area contributed by atoms with E-state index in [4.69, 9.17) is 27.9 Å². The number of aliphatic hydroxyl groups excluding tert-OH is 1. The van der Waals surface area contributed by atoms with Crippen LogP contribution in [0.2, 0.25) is 10.0 Å². The standard InChI is InChI=1S/C20H26Cl2N4O5S2/c1-12-19(32-20(24-12)25-13(2)27)33(29,30)23-10-14(28)11-26-7-5-15(6-8-26)31-16-3-4-17(21)18(22)9-16/h3-4,9,14-15,23,28H,5-8,10-11H2,1-2H3,(H,24,25,27)/t14-/m0/s1. The van der Waals surface area contributed by atoms with Crippen LogP contribution in [0.3, 0.4) is 0 Å². The minimum atomic E-state index is -3.86. The van der Waals surface area contributed by atoms with Crippen LogP contribution in [0, 0.1) is 6.92 Å². The highest BCUT2D eigenvalue weighted by molar-refractivity contribution is 7.91. The summed E-state index contributed by atoms with van der Waals surface area (Å²) in [6.45, 7) is 4.50. The molecule has 33 heavy (non-hydrogen) atoms. The first-order valence-electron chi connectivity index (χ1n) is 10.3. The number of β-amino-alcohol motifs (C(OH)–C–C–N with tert-alkyl or cyclic N) is 1. The number of carbonyl (C=O) groups is 1. The number of aromatic nitrogens is 1. The number of hydrogen-bond donors (Lipinski definition) is 3. The van der Waals surface area contributed by atoms with E-state index < -0.39 is 16.1 Å². The summed E-state index contributed by atoms with van der Waals surface area (Å²) >= 11 is 12.8. The molecule has 0 radical (unpaired) electrons. The van der Waals surface area contributed by atoms with Crippen LogP contribution in [0.1, 0.15) is 25.5 Å². The van der Waals surface area contributed by atoms with Gasteiger partial charge in [0.15, 0.2) is 9.34 Å². The quantitative estimate of drug-likeness (QED) is 0.450. The van der Waals surface area contributed by atoms with E-state index in [-0.39, 0.29) is 33.6 Å². The molecule has 3 N–H and O–H groups in total. The zero-order chi connectivity index (χ0) is 24.2. The van der Waals surface area contributed by atoms with Crippen LogP contribution in [0.5, 0.6) is 5.75 Å². The largest absolute Gasteiger partial charge is 0.490 e. The number of aliphatic hydroxyl groups is 1. The van der Waals surface area contributed by atoms with Crippen LogP contribution >= 0.6 is 34.5 Å². The number of amides is 1. The van der Waals surface area contributed by atoms with Gasteiger partial charge in [-0.25, -0.2) is 18.1 Å². The zero-order valence-corrected chi connectivity index (χ0v) is 21.3. The van der Waals surface area contributed by atoms with Crippen LogP contribution in [-0.4, -0.2) is 67.7 Å².